The van der Waals surface area contributed by atoms with Gasteiger partial charge in [-0.3, -0.25) is 4.79 Å². The molecule has 0 radical (unpaired) electrons. The van der Waals surface area contributed by atoms with E-state index in [1.165, 1.54) is 16.9 Å². The zero-order chi connectivity index (χ0) is 15.4. The Morgan fingerprint density at radius 2 is 1.95 bits per heavy atom. The Hall–Kier alpha value is -3.09. The van der Waals surface area contributed by atoms with Crippen LogP contribution < -0.4 is 5.32 Å². The number of anilines is 1. The molecule has 1 N–H and O–H groups in total. The molecule has 0 aliphatic heterocycles. The zero-order valence-electron chi connectivity index (χ0n) is 11.5. The van der Waals surface area contributed by atoms with Crippen molar-refractivity contribution in [2.75, 3.05) is 5.32 Å². The number of nitrogens with one attached hydrogen (secondary N) is 1. The molecule has 0 unspecified atom stereocenters. The molecule has 0 saturated heterocycles. The first-order valence-corrected chi connectivity index (χ1v) is 6.59. The largest absolute Gasteiger partial charge is 0.324 e. The molecular weight excluding hydrogens is 285 g/mol. The van der Waals surface area contributed by atoms with Gasteiger partial charge in [-0.05, 0) is 29.5 Å². The fraction of sp³-hybridized carbons (Fsp3) is 0.0667. The number of hydrogen-bond acceptors (Lipinski definition) is 4. The lowest BCUT2D eigenvalue weighted by molar-refractivity contribution is -0.117. The van der Waals surface area contributed by atoms with Crippen LogP contribution in [-0.4, -0.2) is 26.1 Å². The van der Waals surface area contributed by atoms with Crippen molar-refractivity contribution in [2.45, 2.75) is 6.54 Å². The van der Waals surface area contributed by atoms with Crippen LogP contribution >= 0.6 is 0 Å². The topological polar surface area (TPSA) is 72.7 Å². The number of rotatable bonds is 4. The van der Waals surface area contributed by atoms with Crippen LogP contribution in [0.2, 0.25) is 0 Å². The number of amides is 1. The highest BCUT2D eigenvalue weighted by atomic mass is 19.1. The first kappa shape index (κ1) is 13.9. The Balaban J connectivity index is 1.68. The minimum absolute atomic E-state index is 0.0722. The standard InChI is InChI=1S/C15H12FN5O/c16-12-6-4-5-11(9-12)15-18-20-21(19-15)10-14(22)17-13-7-2-1-3-8-13/h1-9H,10H2,(H,17,22). The summed E-state index contributed by atoms with van der Waals surface area (Å²) >= 11 is 0. The van der Waals surface area contributed by atoms with Crippen LogP contribution in [0.25, 0.3) is 11.4 Å². The van der Waals surface area contributed by atoms with E-state index in [0.29, 0.717) is 11.3 Å². The van der Waals surface area contributed by atoms with Gasteiger partial charge in [-0.2, -0.15) is 4.80 Å². The van der Waals surface area contributed by atoms with E-state index in [1.807, 2.05) is 18.2 Å². The van der Waals surface area contributed by atoms with Gasteiger partial charge in [0.05, 0.1) is 0 Å². The van der Waals surface area contributed by atoms with E-state index in [2.05, 4.69) is 20.7 Å². The second-order valence-corrected chi connectivity index (χ2v) is 4.57. The molecule has 0 spiro atoms. The highest BCUT2D eigenvalue weighted by molar-refractivity contribution is 5.90. The highest BCUT2D eigenvalue weighted by Crippen LogP contribution is 2.14. The summed E-state index contributed by atoms with van der Waals surface area (Å²) in [6.07, 6.45) is 0. The van der Waals surface area contributed by atoms with Crippen molar-refractivity contribution in [2.24, 2.45) is 0 Å². The molecule has 110 valence electrons. The second-order valence-electron chi connectivity index (χ2n) is 4.57. The molecule has 0 fully saturated rings. The van der Waals surface area contributed by atoms with Gasteiger partial charge in [0, 0.05) is 11.3 Å². The van der Waals surface area contributed by atoms with Crippen molar-refractivity contribution in [1.82, 2.24) is 20.2 Å². The maximum Gasteiger partial charge on any atom is 0.248 e. The van der Waals surface area contributed by atoms with Gasteiger partial charge in [0.15, 0.2) is 0 Å². The van der Waals surface area contributed by atoms with Gasteiger partial charge in [0.25, 0.3) is 0 Å². The monoisotopic (exact) mass is 297 g/mol. The molecule has 0 atom stereocenters. The molecule has 6 nitrogen and oxygen atoms in total. The molecule has 1 amide bonds. The van der Waals surface area contributed by atoms with E-state index < -0.39 is 0 Å². The average molecular weight is 297 g/mol. The first-order chi connectivity index (χ1) is 10.7. The molecule has 22 heavy (non-hydrogen) atoms. The van der Waals surface area contributed by atoms with Crippen molar-refractivity contribution in [3.05, 3.63) is 60.4 Å². The Morgan fingerprint density at radius 1 is 1.14 bits per heavy atom. The van der Waals surface area contributed by atoms with Gasteiger partial charge < -0.3 is 5.32 Å². The minimum Gasteiger partial charge on any atom is -0.324 e. The summed E-state index contributed by atoms with van der Waals surface area (Å²) in [5, 5.41) is 14.4. The number of carbonyl (C=O) groups is 1. The lowest BCUT2D eigenvalue weighted by atomic mass is 10.2. The molecule has 0 bridgehead atoms. The van der Waals surface area contributed by atoms with E-state index in [9.17, 15) is 9.18 Å². The molecular formula is C15H12FN5O. The third-order valence-corrected chi connectivity index (χ3v) is 2.88. The molecule has 2 aromatic carbocycles. The van der Waals surface area contributed by atoms with Gasteiger partial charge in [-0.1, -0.05) is 30.3 Å². The Bertz CT molecular complexity index is 787. The van der Waals surface area contributed by atoms with Gasteiger partial charge in [-0.15, -0.1) is 10.2 Å². The van der Waals surface area contributed by atoms with Gasteiger partial charge in [0.1, 0.15) is 12.4 Å². The highest BCUT2D eigenvalue weighted by Gasteiger charge is 2.10. The average Bonchev–Trinajstić information content (AvgIpc) is 2.96. The molecule has 1 aromatic heterocycles. The number of hydrogen-bond donors (Lipinski definition) is 1. The molecule has 3 rings (SSSR count). The molecule has 0 aliphatic rings. The van der Waals surface area contributed by atoms with Crippen LogP contribution in [0.3, 0.4) is 0 Å². The van der Waals surface area contributed by atoms with E-state index in [0.717, 1.165) is 0 Å². The number of aromatic nitrogens is 4. The number of tetrazole rings is 1. The van der Waals surface area contributed by atoms with Crippen LogP contribution in [-0.2, 0) is 11.3 Å². The zero-order valence-corrected chi connectivity index (χ0v) is 11.5. The Morgan fingerprint density at radius 3 is 2.73 bits per heavy atom. The maximum atomic E-state index is 13.2. The van der Waals surface area contributed by atoms with E-state index in [1.54, 1.807) is 24.3 Å². The summed E-state index contributed by atoms with van der Waals surface area (Å²) in [5.74, 6) is -0.378. The van der Waals surface area contributed by atoms with Crippen LogP contribution in [0.4, 0.5) is 10.1 Å². The summed E-state index contributed by atoms with van der Waals surface area (Å²) in [6, 6.07) is 15.0. The van der Waals surface area contributed by atoms with Gasteiger partial charge >= 0.3 is 0 Å². The second kappa shape index (κ2) is 6.13. The van der Waals surface area contributed by atoms with Crippen molar-refractivity contribution >= 4 is 11.6 Å². The first-order valence-electron chi connectivity index (χ1n) is 6.59. The fourth-order valence-electron chi connectivity index (χ4n) is 1.90. The van der Waals surface area contributed by atoms with Crippen molar-refractivity contribution in [3.8, 4) is 11.4 Å². The number of carbonyl (C=O) groups excluding carboxylic acids is 1. The van der Waals surface area contributed by atoms with Crippen molar-refractivity contribution in [1.29, 1.82) is 0 Å². The molecule has 3 aromatic rings. The maximum absolute atomic E-state index is 13.2. The summed E-state index contributed by atoms with van der Waals surface area (Å²) in [7, 11) is 0. The number of halogens is 1. The Kier molecular flexibility index (Phi) is 3.86. The van der Waals surface area contributed by atoms with Crippen LogP contribution in [0.15, 0.2) is 54.6 Å². The van der Waals surface area contributed by atoms with Crippen LogP contribution in [0.5, 0.6) is 0 Å². The predicted molar refractivity (Wildman–Crippen MR) is 78.3 cm³/mol. The molecule has 0 saturated carbocycles. The lowest BCUT2D eigenvalue weighted by Gasteiger charge is -2.03. The summed E-state index contributed by atoms with van der Waals surface area (Å²) in [4.78, 5) is 13.0. The number of para-hydroxylation sites is 1. The van der Waals surface area contributed by atoms with Gasteiger partial charge in [0.2, 0.25) is 11.7 Å². The molecule has 0 aliphatic carbocycles. The van der Waals surface area contributed by atoms with Gasteiger partial charge in [-0.25, -0.2) is 4.39 Å². The van der Waals surface area contributed by atoms with E-state index in [-0.39, 0.29) is 24.1 Å². The number of benzene rings is 2. The SMILES string of the molecule is O=C(Cn1nnc(-c2cccc(F)c2)n1)Nc1ccccc1. The van der Waals surface area contributed by atoms with E-state index in [4.69, 9.17) is 0 Å². The Labute approximate surface area is 125 Å². The third-order valence-electron chi connectivity index (χ3n) is 2.88. The van der Waals surface area contributed by atoms with Crippen LogP contribution in [0.1, 0.15) is 0 Å². The van der Waals surface area contributed by atoms with Crippen LogP contribution in [0, 0.1) is 5.82 Å². The minimum atomic E-state index is -0.379. The fourth-order valence-corrected chi connectivity index (χ4v) is 1.90. The summed E-state index contributed by atoms with van der Waals surface area (Å²) in [5.41, 5.74) is 1.20. The summed E-state index contributed by atoms with van der Waals surface area (Å²) in [6.45, 7) is -0.0722. The molecule has 7 heteroatoms. The van der Waals surface area contributed by atoms with Crippen molar-refractivity contribution in [3.63, 3.8) is 0 Å². The lowest BCUT2D eigenvalue weighted by Crippen LogP contribution is -2.20. The number of nitrogens with zero attached hydrogens (tertiary/aromatic N) is 4. The summed E-state index contributed by atoms with van der Waals surface area (Å²) < 4.78 is 13.2. The smallest absolute Gasteiger partial charge is 0.248 e. The third kappa shape index (κ3) is 3.32. The predicted octanol–water partition coefficient (Wildman–Crippen LogP) is 2.12. The quantitative estimate of drug-likeness (QED) is 0.800. The normalized spacial score (nSPS) is 10.4. The van der Waals surface area contributed by atoms with Crippen molar-refractivity contribution < 1.29 is 9.18 Å². The van der Waals surface area contributed by atoms with E-state index >= 15 is 0 Å². The molecule has 1 heterocycles.